The molecule has 0 aromatic heterocycles. The monoisotopic (exact) mass is 363 g/mol. The average molecular weight is 364 g/mol. The third-order valence-electron chi connectivity index (χ3n) is 2.91. The standard InChI is InChI=1S/C13H18BrNO4S/c1-8(2)15(7-13(16)17)20(18,19)12-6-9(3)11(14)5-10(12)4/h5-6,8H,7H2,1-4H3,(H,16,17). The van der Waals surface area contributed by atoms with Gasteiger partial charge in [0.15, 0.2) is 0 Å². The second kappa shape index (κ2) is 6.24. The predicted molar refractivity (Wildman–Crippen MR) is 80.3 cm³/mol. The Labute approximate surface area is 127 Å². The van der Waals surface area contributed by atoms with E-state index in [4.69, 9.17) is 5.11 Å². The van der Waals surface area contributed by atoms with Crippen LogP contribution in [0.3, 0.4) is 0 Å². The van der Waals surface area contributed by atoms with Crippen molar-refractivity contribution in [2.75, 3.05) is 6.54 Å². The average Bonchev–Trinajstić information content (AvgIpc) is 2.29. The molecule has 1 aromatic carbocycles. The van der Waals surface area contributed by atoms with Crippen LogP contribution in [0.4, 0.5) is 0 Å². The Hall–Kier alpha value is -0.920. The maximum atomic E-state index is 12.6. The molecule has 0 amide bonds. The molecule has 0 bridgehead atoms. The number of hydrogen-bond donors (Lipinski definition) is 1. The number of sulfonamides is 1. The van der Waals surface area contributed by atoms with E-state index in [-0.39, 0.29) is 4.90 Å². The molecule has 20 heavy (non-hydrogen) atoms. The fourth-order valence-electron chi connectivity index (χ4n) is 1.84. The first-order valence-corrected chi connectivity index (χ1v) is 8.31. The fraction of sp³-hybridized carbons (Fsp3) is 0.462. The predicted octanol–water partition coefficient (Wildman–Crippen LogP) is 2.55. The van der Waals surface area contributed by atoms with E-state index in [1.54, 1.807) is 39.8 Å². The largest absolute Gasteiger partial charge is 0.480 e. The number of benzene rings is 1. The van der Waals surface area contributed by atoms with Crippen LogP contribution in [0.1, 0.15) is 25.0 Å². The van der Waals surface area contributed by atoms with Crippen molar-refractivity contribution in [3.05, 3.63) is 27.7 Å². The van der Waals surface area contributed by atoms with Gasteiger partial charge in [0.05, 0.1) is 4.90 Å². The second-order valence-corrected chi connectivity index (χ2v) is 7.62. The van der Waals surface area contributed by atoms with E-state index in [2.05, 4.69) is 15.9 Å². The molecule has 1 aromatic rings. The lowest BCUT2D eigenvalue weighted by atomic mass is 10.2. The molecule has 0 unspecified atom stereocenters. The number of carbonyl (C=O) groups is 1. The van der Waals surface area contributed by atoms with Gasteiger partial charge in [-0.3, -0.25) is 4.79 Å². The topological polar surface area (TPSA) is 74.7 Å². The van der Waals surface area contributed by atoms with Gasteiger partial charge in [-0.15, -0.1) is 0 Å². The van der Waals surface area contributed by atoms with Crippen LogP contribution in [-0.2, 0) is 14.8 Å². The fourth-order valence-corrected chi connectivity index (χ4v) is 4.17. The van der Waals surface area contributed by atoms with Crippen molar-refractivity contribution < 1.29 is 18.3 Å². The second-order valence-electron chi connectivity index (χ2n) is 4.90. The van der Waals surface area contributed by atoms with Crippen LogP contribution in [0, 0.1) is 13.8 Å². The van der Waals surface area contributed by atoms with E-state index in [0.29, 0.717) is 5.56 Å². The first kappa shape index (κ1) is 17.1. The normalized spacial score (nSPS) is 12.2. The van der Waals surface area contributed by atoms with Gasteiger partial charge in [-0.1, -0.05) is 15.9 Å². The first-order chi connectivity index (χ1) is 9.07. The third-order valence-corrected chi connectivity index (χ3v) is 5.93. The zero-order valence-corrected chi connectivity index (χ0v) is 14.2. The summed E-state index contributed by atoms with van der Waals surface area (Å²) in [5, 5.41) is 8.90. The Morgan fingerprint density at radius 2 is 1.85 bits per heavy atom. The van der Waals surface area contributed by atoms with Crippen LogP contribution in [0.5, 0.6) is 0 Å². The number of aliphatic carboxylic acids is 1. The summed E-state index contributed by atoms with van der Waals surface area (Å²) >= 11 is 3.35. The lowest BCUT2D eigenvalue weighted by molar-refractivity contribution is -0.137. The van der Waals surface area contributed by atoms with Crippen LogP contribution in [0.2, 0.25) is 0 Å². The number of carboxylic acids is 1. The summed E-state index contributed by atoms with van der Waals surface area (Å²) in [4.78, 5) is 11.0. The van der Waals surface area contributed by atoms with Crippen molar-refractivity contribution in [2.45, 2.75) is 38.6 Å². The van der Waals surface area contributed by atoms with Crippen molar-refractivity contribution in [1.29, 1.82) is 0 Å². The van der Waals surface area contributed by atoms with E-state index in [1.807, 2.05) is 0 Å². The number of hydrogen-bond acceptors (Lipinski definition) is 3. The Bertz CT molecular complexity index is 626. The number of carboxylic acid groups (broad SMARTS) is 1. The molecule has 0 aliphatic heterocycles. The summed E-state index contributed by atoms with van der Waals surface area (Å²) in [5.41, 5.74) is 1.37. The van der Waals surface area contributed by atoms with Crippen LogP contribution in [-0.4, -0.2) is 36.4 Å². The molecule has 1 N–H and O–H groups in total. The summed E-state index contributed by atoms with van der Waals surface area (Å²) in [7, 11) is -3.83. The molecule has 1 rings (SSSR count). The van der Waals surface area contributed by atoms with Gasteiger partial charge in [0.1, 0.15) is 6.54 Å². The van der Waals surface area contributed by atoms with Gasteiger partial charge in [-0.05, 0) is 51.0 Å². The molecule has 0 saturated heterocycles. The van der Waals surface area contributed by atoms with Gasteiger partial charge in [-0.2, -0.15) is 4.31 Å². The Kier molecular flexibility index (Phi) is 5.34. The molecule has 0 heterocycles. The Morgan fingerprint density at radius 3 is 2.30 bits per heavy atom. The smallest absolute Gasteiger partial charge is 0.318 e. The van der Waals surface area contributed by atoms with Gasteiger partial charge in [0.2, 0.25) is 10.0 Å². The highest BCUT2D eigenvalue weighted by Gasteiger charge is 2.30. The summed E-state index contributed by atoms with van der Waals surface area (Å²) in [6.07, 6.45) is 0. The highest BCUT2D eigenvalue weighted by molar-refractivity contribution is 9.10. The minimum atomic E-state index is -3.83. The van der Waals surface area contributed by atoms with Gasteiger partial charge in [-0.25, -0.2) is 8.42 Å². The Balaban J connectivity index is 3.41. The van der Waals surface area contributed by atoms with Crippen molar-refractivity contribution in [3.8, 4) is 0 Å². The van der Waals surface area contributed by atoms with Crippen LogP contribution in [0.25, 0.3) is 0 Å². The number of aryl methyl sites for hydroxylation is 2. The summed E-state index contributed by atoms with van der Waals surface area (Å²) in [5.74, 6) is -1.17. The molecular formula is C13H18BrNO4S. The minimum absolute atomic E-state index is 0.146. The number of nitrogens with zero attached hydrogens (tertiary/aromatic N) is 1. The molecule has 5 nitrogen and oxygen atoms in total. The van der Waals surface area contributed by atoms with E-state index < -0.39 is 28.6 Å². The highest BCUT2D eigenvalue weighted by atomic mass is 79.9. The summed E-state index contributed by atoms with van der Waals surface area (Å²) in [6.45, 7) is 6.24. The lowest BCUT2D eigenvalue weighted by Crippen LogP contribution is -2.40. The van der Waals surface area contributed by atoms with E-state index in [1.165, 1.54) is 0 Å². The molecule has 0 spiro atoms. The van der Waals surface area contributed by atoms with E-state index >= 15 is 0 Å². The molecule has 0 atom stereocenters. The van der Waals surface area contributed by atoms with Crippen molar-refractivity contribution >= 4 is 31.9 Å². The van der Waals surface area contributed by atoms with Gasteiger partial charge >= 0.3 is 5.97 Å². The highest BCUT2D eigenvalue weighted by Crippen LogP contribution is 2.27. The number of rotatable bonds is 5. The van der Waals surface area contributed by atoms with Crippen LogP contribution in [0.15, 0.2) is 21.5 Å². The van der Waals surface area contributed by atoms with Crippen molar-refractivity contribution in [3.63, 3.8) is 0 Å². The summed E-state index contributed by atoms with van der Waals surface area (Å²) in [6, 6.07) is 2.85. The molecule has 0 radical (unpaired) electrons. The van der Waals surface area contributed by atoms with Crippen LogP contribution < -0.4 is 0 Å². The molecule has 0 fully saturated rings. The lowest BCUT2D eigenvalue weighted by Gasteiger charge is -2.25. The number of halogens is 1. The molecule has 0 saturated carbocycles. The maximum absolute atomic E-state index is 12.6. The maximum Gasteiger partial charge on any atom is 0.318 e. The van der Waals surface area contributed by atoms with Gasteiger partial charge < -0.3 is 5.11 Å². The minimum Gasteiger partial charge on any atom is -0.480 e. The molecule has 0 aliphatic rings. The third kappa shape index (κ3) is 3.59. The van der Waals surface area contributed by atoms with Crippen molar-refractivity contribution in [2.24, 2.45) is 0 Å². The molecule has 0 aliphatic carbocycles. The zero-order chi connectivity index (χ0) is 15.7. The zero-order valence-electron chi connectivity index (χ0n) is 11.8. The molecular weight excluding hydrogens is 346 g/mol. The van der Waals surface area contributed by atoms with E-state index in [0.717, 1.165) is 14.3 Å². The SMILES string of the molecule is Cc1cc(S(=O)(=O)N(CC(=O)O)C(C)C)c(C)cc1Br. The molecule has 7 heteroatoms. The van der Waals surface area contributed by atoms with E-state index in [9.17, 15) is 13.2 Å². The first-order valence-electron chi connectivity index (χ1n) is 6.07. The quantitative estimate of drug-likeness (QED) is 0.871. The van der Waals surface area contributed by atoms with Crippen LogP contribution >= 0.6 is 15.9 Å². The summed E-state index contributed by atoms with van der Waals surface area (Å²) < 4.78 is 27.1. The van der Waals surface area contributed by atoms with Crippen molar-refractivity contribution in [1.82, 2.24) is 4.31 Å². The molecule has 112 valence electrons. The van der Waals surface area contributed by atoms with Gasteiger partial charge in [0.25, 0.3) is 0 Å². The van der Waals surface area contributed by atoms with Gasteiger partial charge in [0, 0.05) is 10.5 Å². The Morgan fingerprint density at radius 1 is 1.30 bits per heavy atom.